The standard InChI is InChI=1S/C23H21Cl3N2O4/c1-12-7-19(13(2)28(12)20-11-15(24)5-6-21(20)31-4)23(30)32-14(3)22(29)27-18-9-16(25)8-17(26)10-18/h5-11,14H,1-4H3,(H,27,29)/t14-/m1/s1. The zero-order chi connectivity index (χ0) is 23.6. The number of hydrogen-bond donors (Lipinski definition) is 1. The van der Waals surface area contributed by atoms with Gasteiger partial charge < -0.3 is 19.4 Å². The van der Waals surface area contributed by atoms with Crippen LogP contribution < -0.4 is 10.1 Å². The lowest BCUT2D eigenvalue weighted by Gasteiger charge is -2.15. The van der Waals surface area contributed by atoms with E-state index in [1.165, 1.54) is 6.92 Å². The summed E-state index contributed by atoms with van der Waals surface area (Å²) in [7, 11) is 1.56. The highest BCUT2D eigenvalue weighted by Crippen LogP contribution is 2.31. The lowest BCUT2D eigenvalue weighted by molar-refractivity contribution is -0.123. The number of ether oxygens (including phenoxy) is 2. The second-order valence-corrected chi connectivity index (χ2v) is 8.44. The first-order chi connectivity index (χ1) is 15.1. The molecule has 6 nitrogen and oxygen atoms in total. The number of anilines is 1. The average Bonchev–Trinajstić information content (AvgIpc) is 3.01. The van der Waals surface area contributed by atoms with Gasteiger partial charge >= 0.3 is 5.97 Å². The van der Waals surface area contributed by atoms with Gasteiger partial charge in [-0.25, -0.2) is 4.79 Å². The van der Waals surface area contributed by atoms with E-state index in [0.717, 1.165) is 5.69 Å². The molecule has 0 aliphatic rings. The van der Waals surface area contributed by atoms with Crippen molar-refractivity contribution in [2.45, 2.75) is 26.9 Å². The summed E-state index contributed by atoms with van der Waals surface area (Å²) in [6.45, 7) is 5.12. The molecule has 3 aromatic rings. The third-order valence-electron chi connectivity index (χ3n) is 4.82. The van der Waals surface area contributed by atoms with Crippen LogP contribution in [0.3, 0.4) is 0 Å². The molecule has 0 unspecified atom stereocenters. The fourth-order valence-corrected chi connectivity index (χ4v) is 4.02. The van der Waals surface area contributed by atoms with Gasteiger partial charge in [-0.2, -0.15) is 0 Å². The van der Waals surface area contributed by atoms with E-state index in [-0.39, 0.29) is 0 Å². The van der Waals surface area contributed by atoms with Crippen LogP contribution in [0.2, 0.25) is 15.1 Å². The second kappa shape index (κ2) is 9.86. The molecule has 2 aromatic carbocycles. The maximum atomic E-state index is 12.8. The number of aromatic nitrogens is 1. The number of halogens is 3. The number of esters is 1. The van der Waals surface area contributed by atoms with E-state index in [1.54, 1.807) is 56.5 Å². The number of aryl methyl sites for hydroxylation is 1. The van der Waals surface area contributed by atoms with Gasteiger partial charge in [0.15, 0.2) is 6.10 Å². The summed E-state index contributed by atoms with van der Waals surface area (Å²) in [5.74, 6) is -0.539. The smallest absolute Gasteiger partial charge is 0.340 e. The molecule has 32 heavy (non-hydrogen) atoms. The molecule has 1 heterocycles. The van der Waals surface area contributed by atoms with E-state index in [4.69, 9.17) is 44.3 Å². The second-order valence-electron chi connectivity index (χ2n) is 7.13. The van der Waals surface area contributed by atoms with Crippen LogP contribution in [0.1, 0.15) is 28.7 Å². The number of amides is 1. The van der Waals surface area contributed by atoms with Crippen molar-refractivity contribution >= 4 is 52.4 Å². The molecule has 0 saturated carbocycles. The Morgan fingerprint density at radius 3 is 2.25 bits per heavy atom. The molecule has 1 N–H and O–H groups in total. The van der Waals surface area contributed by atoms with Crippen molar-refractivity contribution in [3.8, 4) is 11.4 Å². The van der Waals surface area contributed by atoms with E-state index in [2.05, 4.69) is 5.32 Å². The van der Waals surface area contributed by atoms with Crippen LogP contribution in [0.4, 0.5) is 5.69 Å². The Morgan fingerprint density at radius 2 is 1.62 bits per heavy atom. The van der Waals surface area contributed by atoms with Crippen molar-refractivity contribution in [2.75, 3.05) is 12.4 Å². The number of carbonyl (C=O) groups excluding carboxylic acids is 2. The first-order valence-electron chi connectivity index (χ1n) is 9.61. The van der Waals surface area contributed by atoms with Crippen molar-refractivity contribution < 1.29 is 19.1 Å². The van der Waals surface area contributed by atoms with Gasteiger partial charge in [-0.3, -0.25) is 4.79 Å². The molecule has 0 bridgehead atoms. The van der Waals surface area contributed by atoms with Gasteiger partial charge in [0.05, 0.1) is 18.4 Å². The van der Waals surface area contributed by atoms with Gasteiger partial charge in [0, 0.05) is 32.1 Å². The Bertz CT molecular complexity index is 1170. The molecule has 0 fully saturated rings. The highest BCUT2D eigenvalue weighted by Gasteiger charge is 2.24. The van der Waals surface area contributed by atoms with E-state index >= 15 is 0 Å². The Morgan fingerprint density at radius 1 is 0.969 bits per heavy atom. The van der Waals surface area contributed by atoms with Gasteiger partial charge in [0.2, 0.25) is 0 Å². The number of nitrogens with zero attached hydrogens (tertiary/aromatic N) is 1. The Labute approximate surface area is 201 Å². The molecule has 0 saturated heterocycles. The molecular formula is C23H21Cl3N2O4. The van der Waals surface area contributed by atoms with Crippen LogP contribution in [0, 0.1) is 13.8 Å². The van der Waals surface area contributed by atoms with E-state index in [0.29, 0.717) is 43.4 Å². The maximum Gasteiger partial charge on any atom is 0.340 e. The van der Waals surface area contributed by atoms with E-state index < -0.39 is 18.0 Å². The van der Waals surface area contributed by atoms with E-state index in [1.807, 2.05) is 11.5 Å². The number of rotatable bonds is 6. The normalized spacial score (nSPS) is 11.7. The summed E-state index contributed by atoms with van der Waals surface area (Å²) in [6.07, 6.45) is -1.05. The molecule has 1 amide bonds. The fraction of sp³-hybridized carbons (Fsp3) is 0.217. The van der Waals surface area contributed by atoms with Gasteiger partial charge in [-0.15, -0.1) is 0 Å². The quantitative estimate of drug-likeness (QED) is 0.411. The summed E-state index contributed by atoms with van der Waals surface area (Å²) >= 11 is 18.1. The largest absolute Gasteiger partial charge is 0.495 e. The third-order valence-corrected chi connectivity index (χ3v) is 5.49. The van der Waals surface area contributed by atoms with Crippen LogP contribution >= 0.6 is 34.8 Å². The Balaban J connectivity index is 1.81. The zero-order valence-electron chi connectivity index (χ0n) is 17.8. The lowest BCUT2D eigenvalue weighted by Crippen LogP contribution is -2.30. The molecule has 1 aromatic heterocycles. The minimum atomic E-state index is -1.05. The third kappa shape index (κ3) is 5.21. The first kappa shape index (κ1) is 24.0. The topological polar surface area (TPSA) is 69.6 Å². The predicted octanol–water partition coefficient (Wildman–Crippen LogP) is 6.25. The number of benzene rings is 2. The average molecular weight is 496 g/mol. The van der Waals surface area contributed by atoms with Crippen LogP contribution in [-0.4, -0.2) is 29.7 Å². The highest BCUT2D eigenvalue weighted by atomic mass is 35.5. The molecule has 9 heteroatoms. The Hall–Kier alpha value is -2.67. The molecule has 0 radical (unpaired) electrons. The minimum Gasteiger partial charge on any atom is -0.495 e. The van der Waals surface area contributed by atoms with Crippen molar-refractivity contribution in [3.05, 3.63) is 74.5 Å². The van der Waals surface area contributed by atoms with Gasteiger partial charge in [-0.05, 0) is 63.2 Å². The summed E-state index contributed by atoms with van der Waals surface area (Å²) < 4.78 is 12.7. The molecule has 0 aliphatic carbocycles. The van der Waals surface area contributed by atoms with Crippen molar-refractivity contribution in [2.24, 2.45) is 0 Å². The highest BCUT2D eigenvalue weighted by molar-refractivity contribution is 6.35. The number of carbonyl (C=O) groups is 2. The summed E-state index contributed by atoms with van der Waals surface area (Å²) in [6, 6.07) is 11.6. The van der Waals surface area contributed by atoms with Crippen molar-refractivity contribution in [3.63, 3.8) is 0 Å². The predicted molar refractivity (Wildman–Crippen MR) is 127 cm³/mol. The SMILES string of the molecule is COc1ccc(Cl)cc1-n1c(C)cc(C(=O)O[C@H](C)C(=O)Nc2cc(Cl)cc(Cl)c2)c1C. The molecule has 168 valence electrons. The fourth-order valence-electron chi connectivity index (χ4n) is 3.33. The van der Waals surface area contributed by atoms with Crippen molar-refractivity contribution in [1.29, 1.82) is 0 Å². The van der Waals surface area contributed by atoms with Crippen LogP contribution in [-0.2, 0) is 9.53 Å². The zero-order valence-corrected chi connectivity index (χ0v) is 20.1. The number of nitrogens with one attached hydrogen (secondary N) is 1. The van der Waals surface area contributed by atoms with Crippen LogP contribution in [0.5, 0.6) is 5.75 Å². The summed E-state index contributed by atoms with van der Waals surface area (Å²) in [4.78, 5) is 25.3. The molecule has 0 aliphatic heterocycles. The monoisotopic (exact) mass is 494 g/mol. The van der Waals surface area contributed by atoms with Crippen molar-refractivity contribution in [1.82, 2.24) is 4.57 Å². The molecule has 3 rings (SSSR count). The van der Waals surface area contributed by atoms with Gasteiger partial charge in [0.1, 0.15) is 5.75 Å². The maximum absolute atomic E-state index is 12.8. The first-order valence-corrected chi connectivity index (χ1v) is 10.7. The Kier molecular flexibility index (Phi) is 7.39. The molecule has 1 atom stereocenters. The van der Waals surface area contributed by atoms with Crippen LogP contribution in [0.25, 0.3) is 5.69 Å². The van der Waals surface area contributed by atoms with Crippen LogP contribution in [0.15, 0.2) is 42.5 Å². The summed E-state index contributed by atoms with van der Waals surface area (Å²) in [5, 5.41) is 3.92. The minimum absolute atomic E-state index is 0.329. The summed E-state index contributed by atoms with van der Waals surface area (Å²) in [5.41, 5.74) is 2.83. The number of methoxy groups -OCH3 is 1. The molecule has 0 spiro atoms. The van der Waals surface area contributed by atoms with E-state index in [9.17, 15) is 9.59 Å². The molecular weight excluding hydrogens is 475 g/mol. The van der Waals surface area contributed by atoms with Gasteiger partial charge in [-0.1, -0.05) is 34.8 Å². The lowest BCUT2D eigenvalue weighted by atomic mass is 10.2. The van der Waals surface area contributed by atoms with Gasteiger partial charge in [0.25, 0.3) is 5.91 Å². The number of hydrogen-bond acceptors (Lipinski definition) is 4.